The zero-order chi connectivity index (χ0) is 17.9. The minimum Gasteiger partial charge on any atom is -0.296 e. The molecule has 1 aliphatic rings. The van der Waals surface area contributed by atoms with Crippen LogP contribution in [0.4, 0.5) is 19.0 Å². The van der Waals surface area contributed by atoms with Crippen LogP contribution in [0.3, 0.4) is 0 Å². The Morgan fingerprint density at radius 1 is 1.20 bits per heavy atom. The van der Waals surface area contributed by atoms with E-state index in [0.717, 1.165) is 16.0 Å². The molecule has 0 N–H and O–H groups in total. The fraction of sp³-hybridized carbons (Fsp3) is 0.263. The number of carbonyl (C=O) groups excluding carboxylic acids is 1. The number of aromatic nitrogens is 1. The molecule has 6 heteroatoms. The second-order valence-corrected chi connectivity index (χ2v) is 5.87. The highest BCUT2D eigenvalue weighted by molar-refractivity contribution is 5.96. The van der Waals surface area contributed by atoms with Crippen molar-refractivity contribution in [1.29, 1.82) is 0 Å². The molecule has 1 atom stereocenters. The second-order valence-electron chi connectivity index (χ2n) is 5.87. The number of hydrogen-bond donors (Lipinski definition) is 0. The highest BCUT2D eigenvalue weighted by Gasteiger charge is 2.47. The second kappa shape index (κ2) is 7.09. The molecule has 2 aromatic rings. The lowest BCUT2D eigenvalue weighted by Crippen LogP contribution is -2.42. The molecule has 0 radical (unpaired) electrons. The largest absolute Gasteiger partial charge is 0.400 e. The van der Waals surface area contributed by atoms with E-state index >= 15 is 0 Å². The summed E-state index contributed by atoms with van der Waals surface area (Å²) in [5.74, 6) is -2.67. The smallest absolute Gasteiger partial charge is 0.296 e. The van der Waals surface area contributed by atoms with Crippen LogP contribution in [0.15, 0.2) is 54.7 Å². The summed E-state index contributed by atoms with van der Waals surface area (Å²) in [5.41, 5.74) is 1.60. The maximum atomic E-state index is 13.4. The van der Waals surface area contributed by atoms with Gasteiger partial charge in [0, 0.05) is 12.7 Å². The molecule has 0 unspecified atom stereocenters. The van der Waals surface area contributed by atoms with Gasteiger partial charge >= 0.3 is 6.18 Å². The Bertz CT molecular complexity index is 772. The van der Waals surface area contributed by atoms with Crippen molar-refractivity contribution in [2.24, 2.45) is 5.92 Å². The zero-order valence-electron chi connectivity index (χ0n) is 13.4. The maximum Gasteiger partial charge on any atom is 0.400 e. The number of amides is 1. The van der Waals surface area contributed by atoms with Crippen molar-refractivity contribution < 1.29 is 18.0 Å². The minimum atomic E-state index is -4.60. The molecule has 3 nitrogen and oxygen atoms in total. The topological polar surface area (TPSA) is 33.2 Å². The molecule has 130 valence electrons. The van der Waals surface area contributed by atoms with Crippen molar-refractivity contribution in [3.05, 3.63) is 65.9 Å². The van der Waals surface area contributed by atoms with Gasteiger partial charge in [-0.1, -0.05) is 48.6 Å². The number of hydrogen-bond acceptors (Lipinski definition) is 2. The fourth-order valence-corrected chi connectivity index (χ4v) is 2.89. The van der Waals surface area contributed by atoms with Gasteiger partial charge in [-0.2, -0.15) is 13.2 Å². The molecule has 1 aromatic heterocycles. The van der Waals surface area contributed by atoms with Crippen LogP contribution in [0.5, 0.6) is 0 Å². The summed E-state index contributed by atoms with van der Waals surface area (Å²) in [4.78, 5) is 17.8. The summed E-state index contributed by atoms with van der Waals surface area (Å²) < 4.78 is 40.3. The van der Waals surface area contributed by atoms with Crippen LogP contribution in [-0.4, -0.2) is 23.6 Å². The Morgan fingerprint density at radius 3 is 2.68 bits per heavy atom. The van der Waals surface area contributed by atoms with Crippen LogP contribution in [0.1, 0.15) is 17.5 Å². The predicted molar refractivity (Wildman–Crippen MR) is 89.9 cm³/mol. The monoisotopic (exact) mass is 346 g/mol. The number of fused-ring (bicyclic) bond motifs is 1. The first-order valence-corrected chi connectivity index (χ1v) is 8.00. The van der Waals surface area contributed by atoms with Crippen LogP contribution in [0.25, 0.3) is 6.08 Å². The minimum absolute atomic E-state index is 0.236. The Labute approximate surface area is 143 Å². The van der Waals surface area contributed by atoms with Gasteiger partial charge in [0.05, 0.1) is 0 Å². The first-order chi connectivity index (χ1) is 12.0. The van der Waals surface area contributed by atoms with Crippen molar-refractivity contribution in [2.75, 3.05) is 11.4 Å². The SMILES string of the molecule is O=C([C@@H](C/C=C/c1ccccc1)C(F)(F)F)N1CCc2cccnc21. The molecule has 1 amide bonds. The molecular formula is C19H17F3N2O. The van der Waals surface area contributed by atoms with E-state index in [9.17, 15) is 18.0 Å². The van der Waals surface area contributed by atoms with Gasteiger partial charge in [-0.3, -0.25) is 9.69 Å². The summed E-state index contributed by atoms with van der Waals surface area (Å²) in [6, 6.07) is 12.5. The van der Waals surface area contributed by atoms with Crippen molar-refractivity contribution in [1.82, 2.24) is 4.98 Å². The van der Waals surface area contributed by atoms with E-state index in [1.165, 1.54) is 12.3 Å². The van der Waals surface area contributed by atoms with Gasteiger partial charge < -0.3 is 0 Å². The van der Waals surface area contributed by atoms with Gasteiger partial charge in [0.2, 0.25) is 5.91 Å². The molecule has 25 heavy (non-hydrogen) atoms. The lowest BCUT2D eigenvalue weighted by Gasteiger charge is -2.24. The molecule has 0 spiro atoms. The van der Waals surface area contributed by atoms with E-state index in [2.05, 4.69) is 4.98 Å². The molecular weight excluding hydrogens is 329 g/mol. The normalized spacial score (nSPS) is 15.4. The number of nitrogens with zero attached hydrogens (tertiary/aromatic N) is 2. The Hall–Kier alpha value is -2.63. The Balaban J connectivity index is 1.77. The van der Waals surface area contributed by atoms with Crippen LogP contribution in [0, 0.1) is 5.92 Å². The van der Waals surface area contributed by atoms with Gasteiger partial charge in [-0.25, -0.2) is 4.98 Å². The molecule has 0 saturated carbocycles. The van der Waals surface area contributed by atoms with E-state index in [1.807, 2.05) is 6.07 Å². The number of carbonyl (C=O) groups is 1. The molecule has 3 rings (SSSR count). The van der Waals surface area contributed by atoms with Gasteiger partial charge in [-0.05, 0) is 30.0 Å². The molecule has 2 heterocycles. The van der Waals surface area contributed by atoms with Gasteiger partial charge in [0.15, 0.2) is 0 Å². The van der Waals surface area contributed by atoms with Crippen molar-refractivity contribution >= 4 is 17.8 Å². The standard InChI is InChI=1S/C19H17F3N2O/c20-19(21,22)16(10-4-8-14-6-2-1-3-7-14)18(25)24-13-11-15-9-5-12-23-17(15)24/h1-9,12,16H,10-11,13H2/b8-4+/t16-/m1/s1. The highest BCUT2D eigenvalue weighted by Crippen LogP contribution is 2.34. The molecule has 0 aliphatic carbocycles. The maximum absolute atomic E-state index is 13.4. The zero-order valence-corrected chi connectivity index (χ0v) is 13.4. The van der Waals surface area contributed by atoms with Crippen molar-refractivity contribution in [3.63, 3.8) is 0 Å². The number of pyridine rings is 1. The third kappa shape index (κ3) is 3.90. The molecule has 0 bridgehead atoms. The van der Waals surface area contributed by atoms with E-state index in [4.69, 9.17) is 0 Å². The summed E-state index contributed by atoms with van der Waals surface area (Å²) >= 11 is 0. The first-order valence-electron chi connectivity index (χ1n) is 8.00. The summed E-state index contributed by atoms with van der Waals surface area (Å²) in [6.07, 6.45) is 0.0240. The van der Waals surface area contributed by atoms with E-state index in [-0.39, 0.29) is 6.54 Å². The number of allylic oxidation sites excluding steroid dienone is 1. The molecule has 1 aromatic carbocycles. The number of rotatable bonds is 4. The number of alkyl halides is 3. The Morgan fingerprint density at radius 2 is 1.96 bits per heavy atom. The van der Waals surface area contributed by atoms with Crippen LogP contribution >= 0.6 is 0 Å². The average Bonchev–Trinajstić information content (AvgIpc) is 3.02. The van der Waals surface area contributed by atoms with Crippen LogP contribution in [-0.2, 0) is 11.2 Å². The molecule has 0 fully saturated rings. The third-order valence-electron chi connectivity index (χ3n) is 4.17. The quantitative estimate of drug-likeness (QED) is 0.829. The Kier molecular flexibility index (Phi) is 4.88. The average molecular weight is 346 g/mol. The summed E-state index contributed by atoms with van der Waals surface area (Å²) in [7, 11) is 0. The lowest BCUT2D eigenvalue weighted by atomic mass is 10.0. The summed E-state index contributed by atoms with van der Waals surface area (Å²) in [5, 5.41) is 0. The molecule has 1 aliphatic heterocycles. The van der Waals surface area contributed by atoms with E-state index in [1.54, 1.807) is 42.5 Å². The fourth-order valence-electron chi connectivity index (χ4n) is 2.89. The van der Waals surface area contributed by atoms with Gasteiger partial charge in [0.25, 0.3) is 0 Å². The van der Waals surface area contributed by atoms with Gasteiger partial charge in [-0.15, -0.1) is 0 Å². The first kappa shape index (κ1) is 17.2. The van der Waals surface area contributed by atoms with E-state index in [0.29, 0.717) is 12.2 Å². The number of anilines is 1. The number of halogens is 3. The third-order valence-corrected chi connectivity index (χ3v) is 4.17. The highest BCUT2D eigenvalue weighted by atomic mass is 19.4. The van der Waals surface area contributed by atoms with Crippen molar-refractivity contribution in [2.45, 2.75) is 19.0 Å². The lowest BCUT2D eigenvalue weighted by molar-refractivity contribution is -0.180. The number of benzene rings is 1. The summed E-state index contributed by atoms with van der Waals surface area (Å²) in [6.45, 7) is 0.236. The molecule has 0 saturated heterocycles. The van der Waals surface area contributed by atoms with E-state index < -0.39 is 24.4 Å². The van der Waals surface area contributed by atoms with Crippen molar-refractivity contribution in [3.8, 4) is 0 Å². The van der Waals surface area contributed by atoms with Crippen LogP contribution in [0.2, 0.25) is 0 Å². The van der Waals surface area contributed by atoms with Gasteiger partial charge in [0.1, 0.15) is 11.7 Å². The predicted octanol–water partition coefficient (Wildman–Crippen LogP) is 4.25. The van der Waals surface area contributed by atoms with Crippen LogP contribution < -0.4 is 4.90 Å².